The van der Waals surface area contributed by atoms with E-state index in [1.54, 1.807) is 19.2 Å². The minimum atomic E-state index is -0.553. The molecular weight excluding hydrogens is 396 g/mol. The molecule has 2 amide bonds. The number of benzene rings is 2. The first-order chi connectivity index (χ1) is 13.3. The molecule has 144 valence electrons. The Kier molecular flexibility index (Phi) is 5.82. The van der Waals surface area contributed by atoms with Crippen molar-refractivity contribution >= 4 is 46.8 Å². The summed E-state index contributed by atoms with van der Waals surface area (Å²) in [5.41, 5.74) is 4.86. The first kappa shape index (κ1) is 20.0. The molecule has 2 N–H and O–H groups in total. The average molecular weight is 415 g/mol. The van der Waals surface area contributed by atoms with E-state index in [1.165, 1.54) is 17.2 Å². The van der Waals surface area contributed by atoms with Crippen molar-refractivity contribution in [2.75, 3.05) is 7.11 Å². The van der Waals surface area contributed by atoms with E-state index in [1.807, 2.05) is 0 Å². The van der Waals surface area contributed by atoms with E-state index >= 15 is 0 Å². The monoisotopic (exact) mass is 414 g/mol. The van der Waals surface area contributed by atoms with Gasteiger partial charge in [0.25, 0.3) is 11.8 Å². The molecule has 0 aromatic heterocycles. The molecule has 1 aliphatic heterocycles. The highest BCUT2D eigenvalue weighted by Gasteiger charge is 2.26. The molecule has 0 bridgehead atoms. The zero-order valence-electron chi connectivity index (χ0n) is 15.7. The van der Waals surface area contributed by atoms with Gasteiger partial charge in [-0.25, -0.2) is 0 Å². The Bertz CT molecular complexity index is 988. The standard InChI is InChI=1S/C21H19ClN2O3S/c1-11-4-12(2)6-13(5-11)7-15-17(22)9-14(10-18(15)27-3)8-16-19(25)23-21(28)24-20(16)26/h4-6,8-10H,7H2,1-3H3,(H2,23,24,25,26,28). The van der Waals surface area contributed by atoms with Gasteiger partial charge >= 0.3 is 0 Å². The van der Waals surface area contributed by atoms with Crippen molar-refractivity contribution in [3.8, 4) is 5.75 Å². The van der Waals surface area contributed by atoms with E-state index < -0.39 is 11.8 Å². The van der Waals surface area contributed by atoms with Crippen molar-refractivity contribution in [2.45, 2.75) is 20.3 Å². The minimum Gasteiger partial charge on any atom is -0.496 e. The fourth-order valence-corrected chi connectivity index (χ4v) is 3.69. The third-order valence-corrected chi connectivity index (χ3v) is 4.85. The third kappa shape index (κ3) is 4.40. The third-order valence-electron chi connectivity index (χ3n) is 4.31. The molecule has 2 aromatic rings. The molecule has 3 rings (SSSR count). The molecule has 1 aliphatic rings. The quantitative estimate of drug-likeness (QED) is 0.456. The van der Waals surface area contributed by atoms with Crippen LogP contribution in [0.2, 0.25) is 5.02 Å². The maximum atomic E-state index is 12.0. The molecule has 2 aromatic carbocycles. The number of hydrogen-bond donors (Lipinski definition) is 2. The van der Waals surface area contributed by atoms with Gasteiger partial charge in [0.2, 0.25) is 0 Å². The summed E-state index contributed by atoms with van der Waals surface area (Å²) in [6.07, 6.45) is 2.07. The first-order valence-corrected chi connectivity index (χ1v) is 9.37. The predicted molar refractivity (Wildman–Crippen MR) is 114 cm³/mol. The van der Waals surface area contributed by atoms with Gasteiger partial charge in [0.15, 0.2) is 5.11 Å². The number of methoxy groups -OCH3 is 1. The summed E-state index contributed by atoms with van der Waals surface area (Å²) in [7, 11) is 1.56. The van der Waals surface area contributed by atoms with Crippen LogP contribution in [-0.4, -0.2) is 24.0 Å². The van der Waals surface area contributed by atoms with Crippen LogP contribution in [0.5, 0.6) is 5.75 Å². The second kappa shape index (κ2) is 8.12. The van der Waals surface area contributed by atoms with Gasteiger partial charge in [-0.2, -0.15) is 0 Å². The van der Waals surface area contributed by atoms with Gasteiger partial charge in [-0.3, -0.25) is 20.2 Å². The normalized spacial score (nSPS) is 13.9. The van der Waals surface area contributed by atoms with Crippen LogP contribution in [0.4, 0.5) is 0 Å². The fraction of sp³-hybridized carbons (Fsp3) is 0.190. The van der Waals surface area contributed by atoms with Crippen LogP contribution in [0, 0.1) is 13.8 Å². The molecule has 7 heteroatoms. The molecule has 1 fully saturated rings. The number of halogens is 1. The lowest BCUT2D eigenvalue weighted by Crippen LogP contribution is -2.51. The number of amides is 2. The van der Waals surface area contributed by atoms with Crippen LogP contribution >= 0.6 is 23.8 Å². The topological polar surface area (TPSA) is 67.4 Å². The molecule has 1 saturated heterocycles. The molecule has 0 unspecified atom stereocenters. The SMILES string of the molecule is COc1cc(C=C2C(=O)NC(=S)NC2=O)cc(Cl)c1Cc1cc(C)cc(C)c1. The van der Waals surface area contributed by atoms with Crippen LogP contribution in [0.3, 0.4) is 0 Å². The van der Waals surface area contributed by atoms with Crippen molar-refractivity contribution in [3.05, 3.63) is 68.7 Å². The second-order valence-corrected chi connectivity index (χ2v) is 7.47. The largest absolute Gasteiger partial charge is 0.496 e. The van der Waals surface area contributed by atoms with Gasteiger partial charge in [0.05, 0.1) is 7.11 Å². The highest BCUT2D eigenvalue weighted by molar-refractivity contribution is 7.80. The summed E-state index contributed by atoms with van der Waals surface area (Å²) in [5, 5.41) is 5.30. The van der Waals surface area contributed by atoms with E-state index in [9.17, 15) is 9.59 Å². The Labute approximate surface area is 173 Å². The highest BCUT2D eigenvalue weighted by atomic mass is 35.5. The molecule has 0 radical (unpaired) electrons. The van der Waals surface area contributed by atoms with Crippen LogP contribution in [-0.2, 0) is 16.0 Å². The van der Waals surface area contributed by atoms with Crippen molar-refractivity contribution in [1.29, 1.82) is 0 Å². The van der Waals surface area contributed by atoms with Crippen molar-refractivity contribution in [1.82, 2.24) is 10.6 Å². The number of nitrogens with one attached hydrogen (secondary N) is 2. The molecule has 0 saturated carbocycles. The summed E-state index contributed by atoms with van der Waals surface area (Å²) in [6, 6.07) is 9.80. The van der Waals surface area contributed by atoms with Gasteiger partial charge in [-0.15, -0.1) is 0 Å². The van der Waals surface area contributed by atoms with Crippen molar-refractivity contribution in [3.63, 3.8) is 0 Å². The Morgan fingerprint density at radius 1 is 1.04 bits per heavy atom. The Balaban J connectivity index is 1.98. The number of carbonyl (C=O) groups excluding carboxylic acids is 2. The number of hydrogen-bond acceptors (Lipinski definition) is 4. The Hall–Kier alpha value is -2.70. The van der Waals surface area contributed by atoms with E-state index in [-0.39, 0.29) is 10.7 Å². The molecule has 0 spiro atoms. The number of aryl methyl sites for hydroxylation is 2. The smallest absolute Gasteiger partial charge is 0.263 e. The van der Waals surface area contributed by atoms with Crippen LogP contribution in [0.15, 0.2) is 35.9 Å². The minimum absolute atomic E-state index is 0.00782. The molecule has 1 heterocycles. The van der Waals surface area contributed by atoms with Crippen molar-refractivity contribution in [2.24, 2.45) is 0 Å². The number of thiocarbonyl (C=S) groups is 1. The zero-order chi connectivity index (χ0) is 20.4. The number of rotatable bonds is 4. The molecule has 5 nitrogen and oxygen atoms in total. The van der Waals surface area contributed by atoms with Crippen molar-refractivity contribution < 1.29 is 14.3 Å². The zero-order valence-corrected chi connectivity index (χ0v) is 17.3. The predicted octanol–water partition coefficient (Wildman–Crippen LogP) is 3.47. The number of ether oxygens (including phenoxy) is 1. The summed E-state index contributed by atoms with van der Waals surface area (Å²) < 4.78 is 5.52. The van der Waals surface area contributed by atoms with E-state index in [2.05, 4.69) is 42.7 Å². The van der Waals surface area contributed by atoms with Gasteiger partial charge in [0, 0.05) is 17.0 Å². The number of carbonyl (C=O) groups is 2. The maximum absolute atomic E-state index is 12.0. The van der Waals surface area contributed by atoms with E-state index in [0.29, 0.717) is 22.8 Å². The Morgan fingerprint density at radius 2 is 1.64 bits per heavy atom. The van der Waals surface area contributed by atoms with Gasteiger partial charge in [-0.05, 0) is 55.4 Å². The molecular formula is C21H19ClN2O3S. The van der Waals surface area contributed by atoms with Crippen LogP contribution < -0.4 is 15.4 Å². The average Bonchev–Trinajstić information content (AvgIpc) is 2.59. The molecule has 0 aliphatic carbocycles. The van der Waals surface area contributed by atoms with E-state index in [0.717, 1.165) is 11.1 Å². The van der Waals surface area contributed by atoms with Gasteiger partial charge in [0.1, 0.15) is 11.3 Å². The van der Waals surface area contributed by atoms with E-state index in [4.69, 9.17) is 28.6 Å². The van der Waals surface area contributed by atoms with Crippen LogP contribution in [0.1, 0.15) is 27.8 Å². The maximum Gasteiger partial charge on any atom is 0.263 e. The summed E-state index contributed by atoms with van der Waals surface area (Å²) in [5.74, 6) is -0.517. The highest BCUT2D eigenvalue weighted by Crippen LogP contribution is 2.32. The molecule has 28 heavy (non-hydrogen) atoms. The molecule has 0 atom stereocenters. The second-order valence-electron chi connectivity index (χ2n) is 6.65. The van der Waals surface area contributed by atoms with Crippen LogP contribution in [0.25, 0.3) is 6.08 Å². The Morgan fingerprint density at radius 3 is 2.21 bits per heavy atom. The lowest BCUT2D eigenvalue weighted by atomic mass is 9.98. The van der Waals surface area contributed by atoms with Gasteiger partial charge < -0.3 is 4.74 Å². The lowest BCUT2D eigenvalue weighted by molar-refractivity contribution is -0.123. The summed E-state index contributed by atoms with van der Waals surface area (Å²) in [4.78, 5) is 24.1. The summed E-state index contributed by atoms with van der Waals surface area (Å²) in [6.45, 7) is 4.10. The first-order valence-electron chi connectivity index (χ1n) is 8.58. The fourth-order valence-electron chi connectivity index (χ4n) is 3.22. The summed E-state index contributed by atoms with van der Waals surface area (Å²) >= 11 is 11.3. The lowest BCUT2D eigenvalue weighted by Gasteiger charge is -2.17. The van der Waals surface area contributed by atoms with Gasteiger partial charge in [-0.1, -0.05) is 40.9 Å².